The summed E-state index contributed by atoms with van der Waals surface area (Å²) in [5, 5.41) is 12.2. The van der Waals surface area contributed by atoms with Crippen molar-refractivity contribution in [1.82, 2.24) is 5.01 Å². The summed E-state index contributed by atoms with van der Waals surface area (Å²) >= 11 is 5.88. The first-order valence-corrected chi connectivity index (χ1v) is 9.63. The number of hydrogen-bond acceptors (Lipinski definition) is 8. The van der Waals surface area contributed by atoms with Crippen molar-refractivity contribution in [2.75, 3.05) is 31.0 Å². The van der Waals surface area contributed by atoms with Crippen molar-refractivity contribution in [2.24, 2.45) is 10.3 Å². The van der Waals surface area contributed by atoms with Gasteiger partial charge in [0.05, 0.1) is 19.9 Å². The number of hydrogen-bond donors (Lipinski definition) is 1. The van der Waals surface area contributed by atoms with Gasteiger partial charge < -0.3 is 14.8 Å². The number of carbonyl (C=O) groups excluding carboxylic acids is 3. The molecule has 3 amide bonds. The van der Waals surface area contributed by atoms with Gasteiger partial charge in [0, 0.05) is 28.9 Å². The second kappa shape index (κ2) is 8.23. The van der Waals surface area contributed by atoms with E-state index in [4.69, 9.17) is 21.1 Å². The molecule has 2 heterocycles. The number of anilines is 2. The summed E-state index contributed by atoms with van der Waals surface area (Å²) in [4.78, 5) is 39.3. The Labute approximate surface area is 182 Å². The van der Waals surface area contributed by atoms with Crippen molar-refractivity contribution in [2.45, 2.75) is 12.1 Å². The Bertz CT molecular complexity index is 1050. The zero-order chi connectivity index (χ0) is 22.1. The molecule has 2 aliphatic rings. The molecule has 11 heteroatoms. The molecule has 0 radical (unpaired) electrons. The van der Waals surface area contributed by atoms with Gasteiger partial charge in [0.25, 0.3) is 11.8 Å². The number of nitrogens with zero attached hydrogens (tertiary/aromatic N) is 4. The molecule has 4 rings (SSSR count). The van der Waals surface area contributed by atoms with Gasteiger partial charge in [-0.3, -0.25) is 19.4 Å². The van der Waals surface area contributed by atoms with E-state index in [1.165, 1.54) is 19.2 Å². The zero-order valence-electron chi connectivity index (χ0n) is 16.6. The molecule has 0 saturated carbocycles. The average Bonchev–Trinajstić information content (AvgIpc) is 3.28. The Morgan fingerprint density at radius 2 is 1.71 bits per heavy atom. The van der Waals surface area contributed by atoms with Crippen molar-refractivity contribution in [3.05, 3.63) is 47.5 Å². The van der Waals surface area contributed by atoms with Gasteiger partial charge in [-0.25, -0.2) is 4.90 Å². The lowest BCUT2D eigenvalue weighted by atomic mass is 10.1. The highest BCUT2D eigenvalue weighted by molar-refractivity contribution is 6.31. The molecule has 1 N–H and O–H groups in total. The number of carbonyl (C=O) groups is 3. The van der Waals surface area contributed by atoms with Crippen LogP contribution >= 0.6 is 11.6 Å². The van der Waals surface area contributed by atoms with Crippen molar-refractivity contribution in [1.29, 1.82) is 0 Å². The first-order chi connectivity index (χ1) is 14.9. The lowest BCUT2D eigenvalue weighted by Crippen LogP contribution is -2.43. The fraction of sp³-hybridized carbons (Fsp3) is 0.250. The van der Waals surface area contributed by atoms with Gasteiger partial charge >= 0.3 is 0 Å². The number of amides is 3. The highest BCUT2D eigenvalue weighted by Crippen LogP contribution is 2.32. The van der Waals surface area contributed by atoms with E-state index < -0.39 is 29.8 Å². The van der Waals surface area contributed by atoms with Crippen LogP contribution in [0.15, 0.2) is 52.8 Å². The molecule has 0 bridgehead atoms. The molecule has 0 unspecified atom stereocenters. The predicted molar refractivity (Wildman–Crippen MR) is 111 cm³/mol. The summed E-state index contributed by atoms with van der Waals surface area (Å²) < 4.78 is 10.4. The van der Waals surface area contributed by atoms with Crippen molar-refractivity contribution < 1.29 is 23.9 Å². The molecule has 2 aromatic rings. The average molecular weight is 444 g/mol. The molecular weight excluding hydrogens is 426 g/mol. The van der Waals surface area contributed by atoms with Gasteiger partial charge in [-0.15, -0.1) is 0 Å². The number of rotatable bonds is 6. The highest BCUT2D eigenvalue weighted by Gasteiger charge is 2.55. The highest BCUT2D eigenvalue weighted by atomic mass is 35.5. The molecule has 2 aliphatic heterocycles. The normalized spacial score (nSPS) is 19.6. The van der Waals surface area contributed by atoms with Crippen LogP contribution in [0.3, 0.4) is 0 Å². The lowest BCUT2D eigenvalue weighted by Gasteiger charge is -2.20. The van der Waals surface area contributed by atoms with E-state index in [9.17, 15) is 14.4 Å². The van der Waals surface area contributed by atoms with Crippen LogP contribution in [0.5, 0.6) is 11.5 Å². The number of halogens is 1. The number of methoxy groups -OCH3 is 2. The van der Waals surface area contributed by atoms with Crippen LogP contribution in [0.25, 0.3) is 0 Å². The van der Waals surface area contributed by atoms with Gasteiger partial charge in [-0.2, -0.15) is 5.11 Å². The quantitative estimate of drug-likeness (QED) is 0.685. The Kier molecular flexibility index (Phi) is 5.47. The van der Waals surface area contributed by atoms with Crippen LogP contribution < -0.4 is 19.7 Å². The van der Waals surface area contributed by atoms with E-state index in [1.54, 1.807) is 42.5 Å². The second-order valence-corrected chi connectivity index (χ2v) is 7.27. The Morgan fingerprint density at radius 3 is 2.32 bits per heavy atom. The summed E-state index contributed by atoms with van der Waals surface area (Å²) in [5.74, 6) is -0.434. The smallest absolute Gasteiger partial charge is 0.263 e. The molecule has 1 fully saturated rings. The zero-order valence-corrected chi connectivity index (χ0v) is 17.4. The van der Waals surface area contributed by atoms with E-state index in [0.717, 1.165) is 4.90 Å². The first kappa shape index (κ1) is 20.6. The van der Waals surface area contributed by atoms with E-state index in [2.05, 4.69) is 15.7 Å². The Hall–Kier alpha value is -3.66. The maximum atomic E-state index is 12.9. The summed E-state index contributed by atoms with van der Waals surface area (Å²) in [7, 11) is 3.00. The molecule has 10 nitrogen and oxygen atoms in total. The molecule has 0 aromatic heterocycles. The van der Waals surface area contributed by atoms with Crippen LogP contribution in [0.1, 0.15) is 0 Å². The van der Waals surface area contributed by atoms with Crippen LogP contribution in [-0.2, 0) is 14.4 Å². The summed E-state index contributed by atoms with van der Waals surface area (Å²) in [6, 6.07) is 9.27. The van der Waals surface area contributed by atoms with Crippen LogP contribution in [0.2, 0.25) is 5.02 Å². The molecule has 1 saturated heterocycles. The van der Waals surface area contributed by atoms with Crippen molar-refractivity contribution in [3.63, 3.8) is 0 Å². The fourth-order valence-electron chi connectivity index (χ4n) is 3.43. The Balaban J connectivity index is 1.48. The molecule has 160 valence electrons. The number of fused-ring (bicyclic) bond motifs is 1. The van der Waals surface area contributed by atoms with E-state index in [-0.39, 0.29) is 6.54 Å². The minimum absolute atomic E-state index is 0.266. The van der Waals surface area contributed by atoms with Crippen LogP contribution in [0, 0.1) is 0 Å². The van der Waals surface area contributed by atoms with E-state index in [1.807, 2.05) is 0 Å². The maximum absolute atomic E-state index is 12.9. The first-order valence-electron chi connectivity index (χ1n) is 9.25. The number of nitrogens with one attached hydrogen (secondary N) is 1. The van der Waals surface area contributed by atoms with Gasteiger partial charge in [-0.05, 0) is 24.3 Å². The fourth-order valence-corrected chi connectivity index (χ4v) is 3.55. The predicted octanol–water partition coefficient (Wildman–Crippen LogP) is 2.29. The van der Waals surface area contributed by atoms with Crippen LogP contribution in [-0.4, -0.2) is 55.6 Å². The maximum Gasteiger partial charge on any atom is 0.263 e. The molecule has 0 aliphatic carbocycles. The summed E-state index contributed by atoms with van der Waals surface area (Å²) in [6.45, 7) is -0.266. The molecule has 31 heavy (non-hydrogen) atoms. The third-order valence-electron chi connectivity index (χ3n) is 4.88. The largest absolute Gasteiger partial charge is 0.497 e. The third kappa shape index (κ3) is 3.89. The minimum atomic E-state index is -0.993. The lowest BCUT2D eigenvalue weighted by molar-refractivity contribution is -0.123. The van der Waals surface area contributed by atoms with Gasteiger partial charge in [0.2, 0.25) is 5.91 Å². The molecular formula is C20H18ClN5O5. The second-order valence-electron chi connectivity index (χ2n) is 6.83. The van der Waals surface area contributed by atoms with Crippen LogP contribution in [0.4, 0.5) is 11.4 Å². The minimum Gasteiger partial charge on any atom is -0.497 e. The number of imide groups is 1. The topological polar surface area (TPSA) is 113 Å². The number of benzene rings is 2. The Morgan fingerprint density at radius 1 is 1.06 bits per heavy atom. The molecule has 2 atom stereocenters. The monoisotopic (exact) mass is 443 g/mol. The standard InChI is InChI=1S/C20H18ClN5O5/c1-30-14-7-12(8-15(9-14)31-2)22-16(27)10-25-18-17(23-24-25)19(28)26(20(18)29)13-5-3-11(21)4-6-13/h3-9,17-18H,10H2,1-2H3,(H,22,27)/t17-,18+/m0/s1. The summed E-state index contributed by atoms with van der Waals surface area (Å²) in [6.07, 6.45) is 0. The number of ether oxygens (including phenoxy) is 2. The van der Waals surface area contributed by atoms with Gasteiger partial charge in [0.15, 0.2) is 12.1 Å². The SMILES string of the molecule is COc1cc(NC(=O)CN2N=N[C@@H]3C(=O)N(c4ccc(Cl)cc4)C(=O)[C@@H]32)cc(OC)c1. The van der Waals surface area contributed by atoms with Crippen molar-refractivity contribution >= 4 is 40.7 Å². The van der Waals surface area contributed by atoms with Gasteiger partial charge in [-0.1, -0.05) is 16.8 Å². The molecule has 2 aromatic carbocycles. The van der Waals surface area contributed by atoms with E-state index >= 15 is 0 Å². The van der Waals surface area contributed by atoms with Gasteiger partial charge in [0.1, 0.15) is 18.0 Å². The summed E-state index contributed by atoms with van der Waals surface area (Å²) in [5.41, 5.74) is 0.836. The van der Waals surface area contributed by atoms with E-state index in [0.29, 0.717) is 27.9 Å². The van der Waals surface area contributed by atoms with Crippen molar-refractivity contribution in [3.8, 4) is 11.5 Å². The molecule has 0 spiro atoms. The third-order valence-corrected chi connectivity index (χ3v) is 5.14.